The summed E-state index contributed by atoms with van der Waals surface area (Å²) in [5.41, 5.74) is 1.31. The quantitative estimate of drug-likeness (QED) is 0.249. The number of piperidine rings is 1. The van der Waals surface area contributed by atoms with Gasteiger partial charge < -0.3 is 19.1 Å². The van der Waals surface area contributed by atoms with Gasteiger partial charge in [-0.05, 0) is 78.0 Å². The molecule has 0 radical (unpaired) electrons. The van der Waals surface area contributed by atoms with E-state index in [1.165, 1.54) is 12.3 Å². The van der Waals surface area contributed by atoms with E-state index in [1.54, 1.807) is 31.7 Å². The van der Waals surface area contributed by atoms with Crippen LogP contribution in [0.25, 0.3) is 11.1 Å². The van der Waals surface area contributed by atoms with Gasteiger partial charge in [-0.3, -0.25) is 0 Å². The topological polar surface area (TPSA) is 111 Å². The van der Waals surface area contributed by atoms with Gasteiger partial charge in [0.1, 0.15) is 17.0 Å². The lowest BCUT2D eigenvalue weighted by atomic mass is 9.90. The van der Waals surface area contributed by atoms with Crippen LogP contribution < -0.4 is 9.46 Å². The van der Waals surface area contributed by atoms with E-state index >= 15 is 0 Å². The highest BCUT2D eigenvalue weighted by Gasteiger charge is 2.37. The number of para-hydroxylation sites is 1. The van der Waals surface area contributed by atoms with Crippen molar-refractivity contribution in [1.82, 2.24) is 9.62 Å². The second-order valence-corrected chi connectivity index (χ2v) is 14.0. The fourth-order valence-electron chi connectivity index (χ4n) is 4.68. The van der Waals surface area contributed by atoms with Crippen LogP contribution in [-0.4, -0.2) is 61.5 Å². The Kier molecular flexibility index (Phi) is 10.3. The van der Waals surface area contributed by atoms with Gasteiger partial charge in [-0.25, -0.2) is 22.7 Å². The van der Waals surface area contributed by atoms with E-state index < -0.39 is 45.4 Å². The minimum Gasteiger partial charge on any atom is -0.464 e. The Morgan fingerprint density at radius 1 is 1.00 bits per heavy atom. The molecule has 2 unspecified atom stereocenters. The summed E-state index contributed by atoms with van der Waals surface area (Å²) in [5, 5.41) is 0. The number of ether oxygens (including phenoxy) is 3. The van der Waals surface area contributed by atoms with Crippen LogP contribution in [0.1, 0.15) is 59.9 Å². The van der Waals surface area contributed by atoms with Crippen molar-refractivity contribution in [2.24, 2.45) is 0 Å². The van der Waals surface area contributed by atoms with Crippen LogP contribution in [0.4, 0.5) is 4.79 Å². The molecule has 0 aromatic heterocycles. The molecule has 1 heterocycles. The number of nitrogens with one attached hydrogen (secondary N) is 1. The third-order valence-electron chi connectivity index (χ3n) is 6.15. The number of hydrogen-bond acceptors (Lipinski definition) is 7. The number of sulfonamides is 1. The minimum absolute atomic E-state index is 0.418. The molecule has 1 aliphatic heterocycles. The monoisotopic (exact) mass is 586 g/mol. The number of esters is 1. The maximum absolute atomic E-state index is 13.2. The fourth-order valence-corrected chi connectivity index (χ4v) is 5.51. The first-order valence-electron chi connectivity index (χ1n) is 13.7. The molecule has 2 atom stereocenters. The van der Waals surface area contributed by atoms with Crippen LogP contribution in [0.15, 0.2) is 60.9 Å². The molecule has 41 heavy (non-hydrogen) atoms. The Balaban J connectivity index is 1.87. The van der Waals surface area contributed by atoms with Crippen molar-refractivity contribution in [2.45, 2.75) is 84.1 Å². The third-order valence-corrected chi connectivity index (χ3v) is 6.88. The second kappa shape index (κ2) is 13.1. The number of amides is 1. The predicted octanol–water partition coefficient (Wildman–Crippen LogP) is 5.45. The lowest BCUT2D eigenvalue weighted by molar-refractivity contribution is -0.148. The Morgan fingerprint density at radius 3 is 2.34 bits per heavy atom. The highest BCUT2D eigenvalue weighted by molar-refractivity contribution is 7.88. The number of carbonyl (C=O) groups excluding carboxylic acids is 2. The maximum Gasteiger partial charge on any atom is 0.410 e. The zero-order valence-electron chi connectivity index (χ0n) is 25.0. The summed E-state index contributed by atoms with van der Waals surface area (Å²) in [7, 11) is -3.50. The Labute approximate surface area is 243 Å². The van der Waals surface area contributed by atoms with Crippen LogP contribution >= 0.6 is 0 Å². The summed E-state index contributed by atoms with van der Waals surface area (Å²) >= 11 is 0. The zero-order chi connectivity index (χ0) is 30.4. The third kappa shape index (κ3) is 10.5. The van der Waals surface area contributed by atoms with E-state index in [-0.39, 0.29) is 0 Å². The molecule has 1 aliphatic rings. The van der Waals surface area contributed by atoms with Crippen LogP contribution in [0.5, 0.6) is 5.75 Å². The van der Waals surface area contributed by atoms with Gasteiger partial charge >= 0.3 is 12.1 Å². The van der Waals surface area contributed by atoms with Gasteiger partial charge in [0.2, 0.25) is 10.0 Å². The second-order valence-electron chi connectivity index (χ2n) is 12.2. The SMILES string of the molecule is CC(C)(C)OC(=O)/C=C/Oc1ccccc1-c1cccc(CC2C(NS(C)(=O)=O)CCCN2C(=O)OC(C)(C)C)c1. The molecule has 0 spiro atoms. The largest absolute Gasteiger partial charge is 0.464 e. The molecule has 224 valence electrons. The molecular weight excluding hydrogens is 544 g/mol. The standard InChI is InChI=1S/C31H42N2O7S/c1-30(2,3)39-28(34)17-19-38-27-16-9-8-14-24(27)23-13-10-12-22(20-23)21-26-25(32-41(7,36)37)15-11-18-33(26)29(35)40-31(4,5)6/h8-10,12-14,16-17,19-20,25-26,32H,11,15,18,21H2,1-7H3/b19-17+. The Bertz CT molecular complexity index is 1360. The van der Waals surface area contributed by atoms with Crippen molar-refractivity contribution in [1.29, 1.82) is 0 Å². The van der Waals surface area contributed by atoms with Gasteiger partial charge in [-0.1, -0.05) is 42.5 Å². The van der Waals surface area contributed by atoms with Gasteiger partial charge in [-0.15, -0.1) is 0 Å². The lowest BCUT2D eigenvalue weighted by Gasteiger charge is -2.41. The van der Waals surface area contributed by atoms with Gasteiger partial charge in [-0.2, -0.15) is 0 Å². The van der Waals surface area contributed by atoms with E-state index in [0.29, 0.717) is 31.6 Å². The molecule has 9 nitrogen and oxygen atoms in total. The highest BCUT2D eigenvalue weighted by Crippen LogP contribution is 2.32. The van der Waals surface area contributed by atoms with Crippen molar-refractivity contribution in [3.63, 3.8) is 0 Å². The van der Waals surface area contributed by atoms with E-state index in [0.717, 1.165) is 22.9 Å². The molecule has 3 rings (SSSR count). The van der Waals surface area contributed by atoms with E-state index in [4.69, 9.17) is 14.2 Å². The number of likely N-dealkylation sites (tertiary alicyclic amines) is 1. The molecule has 2 aromatic carbocycles. The number of nitrogens with zero attached hydrogens (tertiary/aromatic N) is 1. The molecule has 1 N–H and O–H groups in total. The van der Waals surface area contributed by atoms with Crippen molar-refractivity contribution in [2.75, 3.05) is 12.8 Å². The minimum atomic E-state index is -3.50. The maximum atomic E-state index is 13.2. The first kappa shape index (κ1) is 32.1. The van der Waals surface area contributed by atoms with Crippen molar-refractivity contribution >= 4 is 22.1 Å². The van der Waals surface area contributed by atoms with Crippen molar-refractivity contribution in [3.05, 3.63) is 66.4 Å². The molecular formula is C31H42N2O7S. The average molecular weight is 587 g/mol. The zero-order valence-corrected chi connectivity index (χ0v) is 25.8. The molecule has 10 heteroatoms. The van der Waals surface area contributed by atoms with Gasteiger partial charge in [0.05, 0.1) is 24.6 Å². The summed E-state index contributed by atoms with van der Waals surface area (Å²) in [6, 6.07) is 14.4. The van der Waals surface area contributed by atoms with Crippen LogP contribution in [0, 0.1) is 0 Å². The summed E-state index contributed by atoms with van der Waals surface area (Å²) in [6.45, 7) is 11.3. The summed E-state index contributed by atoms with van der Waals surface area (Å²) < 4.78 is 43.9. The van der Waals surface area contributed by atoms with E-state index in [2.05, 4.69) is 4.72 Å². The van der Waals surface area contributed by atoms with Gasteiger partial charge in [0.15, 0.2) is 0 Å². The Morgan fingerprint density at radius 2 is 1.68 bits per heavy atom. The number of hydrogen-bond donors (Lipinski definition) is 1. The summed E-state index contributed by atoms with van der Waals surface area (Å²) in [4.78, 5) is 26.8. The number of carbonyl (C=O) groups is 2. The highest BCUT2D eigenvalue weighted by atomic mass is 32.2. The fraction of sp³-hybridized carbons (Fsp3) is 0.484. The lowest BCUT2D eigenvalue weighted by Crippen LogP contribution is -2.58. The Hall–Kier alpha value is -3.37. The van der Waals surface area contributed by atoms with Gasteiger partial charge in [0, 0.05) is 18.2 Å². The first-order chi connectivity index (χ1) is 19.0. The predicted molar refractivity (Wildman–Crippen MR) is 159 cm³/mol. The van der Waals surface area contributed by atoms with Gasteiger partial charge in [0.25, 0.3) is 0 Å². The molecule has 1 amide bonds. The first-order valence-corrected chi connectivity index (χ1v) is 15.6. The normalized spacial score (nSPS) is 18.3. The average Bonchev–Trinajstić information content (AvgIpc) is 2.82. The smallest absolute Gasteiger partial charge is 0.410 e. The van der Waals surface area contributed by atoms with E-state index in [9.17, 15) is 18.0 Å². The summed E-state index contributed by atoms with van der Waals surface area (Å²) in [6.07, 6.45) is 4.89. The van der Waals surface area contributed by atoms with Crippen LogP contribution in [-0.2, 0) is 30.7 Å². The number of benzene rings is 2. The summed E-state index contributed by atoms with van der Waals surface area (Å²) in [5.74, 6) is 0.0467. The molecule has 0 bridgehead atoms. The number of rotatable bonds is 8. The van der Waals surface area contributed by atoms with Crippen LogP contribution in [0.3, 0.4) is 0 Å². The molecule has 1 saturated heterocycles. The van der Waals surface area contributed by atoms with Crippen molar-refractivity contribution < 1.29 is 32.2 Å². The van der Waals surface area contributed by atoms with Crippen molar-refractivity contribution in [3.8, 4) is 16.9 Å². The molecule has 0 saturated carbocycles. The molecule has 1 fully saturated rings. The van der Waals surface area contributed by atoms with Crippen LogP contribution in [0.2, 0.25) is 0 Å². The van der Waals surface area contributed by atoms with E-state index in [1.807, 2.05) is 63.2 Å². The molecule has 2 aromatic rings. The molecule has 0 aliphatic carbocycles.